The minimum Gasteiger partial charge on any atom is -0.491 e. The van der Waals surface area contributed by atoms with Crippen LogP contribution in [0.2, 0.25) is 0 Å². The summed E-state index contributed by atoms with van der Waals surface area (Å²) in [4.78, 5) is 2.32. The molecule has 0 amide bonds. The molecular formula is C15H24ClNO. The molecule has 2 nitrogen and oxygen atoms in total. The molecule has 0 saturated carbocycles. The van der Waals surface area contributed by atoms with Gasteiger partial charge in [0.05, 0.1) is 6.10 Å². The van der Waals surface area contributed by atoms with Gasteiger partial charge in [-0.2, -0.15) is 0 Å². The summed E-state index contributed by atoms with van der Waals surface area (Å²) in [6.45, 7) is 6.22. The molecule has 1 aromatic rings. The number of benzene rings is 1. The zero-order valence-electron chi connectivity index (χ0n) is 11.7. The quantitative estimate of drug-likeness (QED) is 0.669. The van der Waals surface area contributed by atoms with Crippen LogP contribution < -0.4 is 4.74 Å². The lowest BCUT2D eigenvalue weighted by Crippen LogP contribution is -2.22. The van der Waals surface area contributed by atoms with Gasteiger partial charge in [-0.05, 0) is 58.0 Å². The van der Waals surface area contributed by atoms with Crippen molar-refractivity contribution in [3.05, 3.63) is 29.8 Å². The second-order valence-electron chi connectivity index (χ2n) is 4.91. The number of likely N-dealkylation sites (N-methyl/N-ethyl adjacent to an activating group) is 1. The lowest BCUT2D eigenvalue weighted by molar-refractivity contribution is 0.242. The fraction of sp³-hybridized carbons (Fsp3) is 0.600. The number of rotatable bonds is 8. The van der Waals surface area contributed by atoms with Crippen molar-refractivity contribution in [2.45, 2.75) is 32.8 Å². The Kier molecular flexibility index (Phi) is 7.14. The van der Waals surface area contributed by atoms with Crippen molar-refractivity contribution in [1.29, 1.82) is 0 Å². The minimum atomic E-state index is 0.234. The van der Waals surface area contributed by atoms with Gasteiger partial charge in [-0.25, -0.2) is 0 Å². The first-order chi connectivity index (χ1) is 8.61. The van der Waals surface area contributed by atoms with Crippen LogP contribution in [-0.4, -0.2) is 37.0 Å². The molecule has 0 aromatic heterocycles. The van der Waals surface area contributed by atoms with Gasteiger partial charge in [-0.3, -0.25) is 0 Å². The van der Waals surface area contributed by atoms with Crippen LogP contribution in [0.3, 0.4) is 0 Å². The standard InChI is InChI=1S/C15H24ClNO/c1-13(2)18-15-7-5-14(6-8-15)9-12-17(3)11-4-10-16/h5-8,13H,4,9-12H2,1-3H3. The second-order valence-corrected chi connectivity index (χ2v) is 5.28. The van der Waals surface area contributed by atoms with Gasteiger partial charge >= 0.3 is 0 Å². The monoisotopic (exact) mass is 269 g/mol. The van der Waals surface area contributed by atoms with Crippen molar-refractivity contribution in [3.63, 3.8) is 0 Å². The largest absolute Gasteiger partial charge is 0.491 e. The van der Waals surface area contributed by atoms with Crippen LogP contribution in [0.25, 0.3) is 0 Å². The zero-order valence-corrected chi connectivity index (χ0v) is 12.4. The van der Waals surface area contributed by atoms with Crippen LogP contribution in [0.4, 0.5) is 0 Å². The Balaban J connectivity index is 2.34. The minimum absolute atomic E-state index is 0.234. The van der Waals surface area contributed by atoms with Crippen molar-refractivity contribution in [3.8, 4) is 5.75 Å². The van der Waals surface area contributed by atoms with Crippen LogP contribution in [0.1, 0.15) is 25.8 Å². The number of hydrogen-bond donors (Lipinski definition) is 0. The van der Waals surface area contributed by atoms with Gasteiger partial charge in [0.15, 0.2) is 0 Å². The van der Waals surface area contributed by atoms with E-state index in [1.807, 2.05) is 26.0 Å². The lowest BCUT2D eigenvalue weighted by atomic mass is 10.1. The Morgan fingerprint density at radius 3 is 2.39 bits per heavy atom. The number of halogens is 1. The third-order valence-electron chi connectivity index (χ3n) is 2.75. The summed E-state index contributed by atoms with van der Waals surface area (Å²) in [6.07, 6.45) is 2.36. The van der Waals surface area contributed by atoms with E-state index in [1.165, 1.54) is 5.56 Å². The van der Waals surface area contributed by atoms with Crippen LogP contribution in [0.15, 0.2) is 24.3 Å². The molecule has 0 unspecified atom stereocenters. The van der Waals surface area contributed by atoms with Gasteiger partial charge in [-0.15, -0.1) is 11.6 Å². The molecule has 1 rings (SSSR count). The highest BCUT2D eigenvalue weighted by molar-refractivity contribution is 6.17. The molecule has 0 atom stereocenters. The molecule has 0 saturated heterocycles. The Labute approximate surface area is 116 Å². The van der Waals surface area contributed by atoms with E-state index in [1.54, 1.807) is 0 Å². The van der Waals surface area contributed by atoms with E-state index < -0.39 is 0 Å². The summed E-state index contributed by atoms with van der Waals surface area (Å²) in [7, 11) is 2.14. The molecule has 0 fully saturated rings. The molecule has 0 N–H and O–H groups in total. The number of ether oxygens (including phenoxy) is 1. The fourth-order valence-electron chi connectivity index (χ4n) is 1.77. The summed E-state index contributed by atoms with van der Waals surface area (Å²) in [5.41, 5.74) is 1.35. The highest BCUT2D eigenvalue weighted by Gasteiger charge is 2.01. The zero-order chi connectivity index (χ0) is 13.4. The van der Waals surface area contributed by atoms with Crippen molar-refractivity contribution in [1.82, 2.24) is 4.90 Å². The van der Waals surface area contributed by atoms with E-state index in [4.69, 9.17) is 16.3 Å². The summed E-state index contributed by atoms with van der Waals surface area (Å²) in [5.74, 6) is 1.69. The first-order valence-corrected chi connectivity index (χ1v) is 7.15. The first-order valence-electron chi connectivity index (χ1n) is 6.62. The average molecular weight is 270 g/mol. The molecular weight excluding hydrogens is 246 g/mol. The molecule has 18 heavy (non-hydrogen) atoms. The normalized spacial score (nSPS) is 11.2. The molecule has 0 aliphatic carbocycles. The van der Waals surface area contributed by atoms with Gasteiger partial charge in [0.25, 0.3) is 0 Å². The van der Waals surface area contributed by atoms with Crippen molar-refractivity contribution >= 4 is 11.6 Å². The van der Waals surface area contributed by atoms with E-state index in [0.29, 0.717) is 0 Å². The summed E-state index contributed by atoms with van der Waals surface area (Å²) in [6, 6.07) is 8.39. The summed E-state index contributed by atoms with van der Waals surface area (Å²) >= 11 is 5.68. The SMILES string of the molecule is CC(C)Oc1ccc(CCN(C)CCCCl)cc1. The lowest BCUT2D eigenvalue weighted by Gasteiger charge is -2.16. The van der Waals surface area contributed by atoms with Gasteiger partial charge in [-0.1, -0.05) is 12.1 Å². The Morgan fingerprint density at radius 2 is 1.83 bits per heavy atom. The highest BCUT2D eigenvalue weighted by Crippen LogP contribution is 2.14. The maximum atomic E-state index is 5.68. The maximum Gasteiger partial charge on any atom is 0.119 e. The molecule has 1 aromatic carbocycles. The highest BCUT2D eigenvalue weighted by atomic mass is 35.5. The third kappa shape index (κ3) is 6.27. The predicted octanol–water partition coefficient (Wildman–Crippen LogP) is 3.58. The number of hydrogen-bond acceptors (Lipinski definition) is 2. The molecule has 3 heteroatoms. The Hall–Kier alpha value is -0.730. The van der Waals surface area contributed by atoms with E-state index in [0.717, 1.165) is 37.6 Å². The van der Waals surface area contributed by atoms with Crippen molar-refractivity contribution in [2.24, 2.45) is 0 Å². The van der Waals surface area contributed by atoms with Crippen molar-refractivity contribution < 1.29 is 4.74 Å². The summed E-state index contributed by atoms with van der Waals surface area (Å²) in [5, 5.41) is 0. The molecule has 0 aliphatic heterocycles. The third-order valence-corrected chi connectivity index (χ3v) is 3.02. The van der Waals surface area contributed by atoms with Crippen LogP contribution in [0.5, 0.6) is 5.75 Å². The Morgan fingerprint density at radius 1 is 1.17 bits per heavy atom. The molecule has 0 radical (unpaired) electrons. The smallest absolute Gasteiger partial charge is 0.119 e. The molecule has 102 valence electrons. The van der Waals surface area contributed by atoms with E-state index in [2.05, 4.69) is 24.1 Å². The maximum absolute atomic E-state index is 5.68. The first kappa shape index (κ1) is 15.3. The Bertz CT molecular complexity index is 324. The summed E-state index contributed by atoms with van der Waals surface area (Å²) < 4.78 is 5.62. The van der Waals surface area contributed by atoms with Gasteiger partial charge < -0.3 is 9.64 Å². The number of alkyl halides is 1. The average Bonchev–Trinajstić information content (AvgIpc) is 2.35. The van der Waals surface area contributed by atoms with Gasteiger partial charge in [0, 0.05) is 12.4 Å². The fourth-order valence-corrected chi connectivity index (χ4v) is 1.89. The molecule has 0 spiro atoms. The topological polar surface area (TPSA) is 12.5 Å². The molecule has 0 heterocycles. The van der Waals surface area contributed by atoms with Crippen LogP contribution in [0, 0.1) is 0 Å². The van der Waals surface area contributed by atoms with Crippen LogP contribution in [-0.2, 0) is 6.42 Å². The predicted molar refractivity (Wildman–Crippen MR) is 78.7 cm³/mol. The second kappa shape index (κ2) is 8.39. The van der Waals surface area contributed by atoms with Gasteiger partial charge in [0.2, 0.25) is 0 Å². The van der Waals surface area contributed by atoms with E-state index >= 15 is 0 Å². The molecule has 0 aliphatic rings. The van der Waals surface area contributed by atoms with E-state index in [-0.39, 0.29) is 6.10 Å². The number of nitrogens with zero attached hydrogens (tertiary/aromatic N) is 1. The van der Waals surface area contributed by atoms with Crippen molar-refractivity contribution in [2.75, 3.05) is 26.0 Å². The van der Waals surface area contributed by atoms with Gasteiger partial charge in [0.1, 0.15) is 5.75 Å². The van der Waals surface area contributed by atoms with Crippen LogP contribution >= 0.6 is 11.6 Å². The van der Waals surface area contributed by atoms with E-state index in [9.17, 15) is 0 Å². The molecule has 0 bridgehead atoms.